The lowest BCUT2D eigenvalue weighted by Crippen LogP contribution is -2.66. The van der Waals surface area contributed by atoms with Crippen LogP contribution in [0.15, 0.2) is 71.9 Å². The Bertz CT molecular complexity index is 2400. The zero-order chi connectivity index (χ0) is 46.1. The number of hydrogen-bond acceptors (Lipinski definition) is 5. The maximum Gasteiger partial charge on any atom is 0.309 e. The highest BCUT2D eigenvalue weighted by molar-refractivity contribution is 6.07. The van der Waals surface area contributed by atoms with Crippen LogP contribution < -0.4 is 0 Å². The molecule has 2 aromatic carbocycles. The molecule has 1 saturated heterocycles. The highest BCUT2D eigenvalue weighted by Gasteiger charge is 2.71. The molecule has 0 unspecified atom stereocenters. The Morgan fingerprint density at radius 1 is 0.846 bits per heavy atom. The lowest BCUT2D eigenvalue weighted by Gasteiger charge is -2.72. The molecule has 1 aromatic heterocycles. The Kier molecular flexibility index (Phi) is 10.7. The largest absolute Gasteiger partial charge is 0.462 e. The van der Waals surface area contributed by atoms with Crippen molar-refractivity contribution in [3.05, 3.63) is 89.1 Å². The second-order valence-corrected chi connectivity index (χ2v) is 24.4. The Morgan fingerprint density at radius 2 is 1.58 bits per heavy atom. The van der Waals surface area contributed by atoms with Crippen molar-refractivity contribution in [1.29, 1.82) is 0 Å². The predicted molar refractivity (Wildman–Crippen MR) is 253 cm³/mol. The molecule has 0 bridgehead atoms. The number of allylic oxidation sites excluding steroid dienone is 1. The van der Waals surface area contributed by atoms with Gasteiger partial charge in [-0.05, 0) is 175 Å². The van der Waals surface area contributed by atoms with Gasteiger partial charge < -0.3 is 14.6 Å². The first-order chi connectivity index (χ1) is 30.8. The summed E-state index contributed by atoms with van der Waals surface area (Å²) < 4.78 is 20.5. The van der Waals surface area contributed by atoms with Crippen LogP contribution in [0.1, 0.15) is 157 Å². The van der Waals surface area contributed by atoms with Crippen LogP contribution in [0.25, 0.3) is 11.3 Å². The summed E-state index contributed by atoms with van der Waals surface area (Å²) in [5.74, 6) is 2.33. The maximum absolute atomic E-state index is 15.6. The number of nitrogens with one attached hydrogen (secondary N) is 1. The number of ketones is 1. The average Bonchev–Trinajstić information content (AvgIpc) is 4.02. The van der Waals surface area contributed by atoms with Crippen LogP contribution in [0.4, 0.5) is 4.39 Å². The number of Topliss-reactive ketones (excluding diaryl/α,β-unsaturated/α-hetero) is 1. The molecule has 0 spiro atoms. The number of nitrogens with zero attached hydrogens (tertiary/aromatic N) is 2. The van der Waals surface area contributed by atoms with Crippen LogP contribution in [-0.2, 0) is 25.5 Å². The van der Waals surface area contributed by atoms with E-state index in [1.807, 2.05) is 0 Å². The van der Waals surface area contributed by atoms with E-state index in [0.717, 1.165) is 93.3 Å². The number of carbonyl (C=O) groups excluding carboxylic acids is 3. The van der Waals surface area contributed by atoms with Gasteiger partial charge in [0.1, 0.15) is 17.7 Å². The molecule has 65 heavy (non-hydrogen) atoms. The molecular formula is C57H74FN3O4. The summed E-state index contributed by atoms with van der Waals surface area (Å²) >= 11 is 0. The fourth-order valence-electron chi connectivity index (χ4n) is 16.8. The number of fused-ring (bicyclic) bond motifs is 7. The number of rotatable bonds is 8. The van der Waals surface area contributed by atoms with E-state index in [0.29, 0.717) is 30.7 Å². The van der Waals surface area contributed by atoms with Crippen LogP contribution >= 0.6 is 0 Å². The first-order valence-corrected chi connectivity index (χ1v) is 25.4. The number of esters is 1. The number of carbonyl (C=O) groups is 3. The minimum atomic E-state index is -0.819. The van der Waals surface area contributed by atoms with Gasteiger partial charge in [-0.25, -0.2) is 9.37 Å². The number of aromatic amines is 1. The summed E-state index contributed by atoms with van der Waals surface area (Å²) in [4.78, 5) is 54.6. The summed E-state index contributed by atoms with van der Waals surface area (Å²) in [5, 5.41) is 0. The zero-order valence-corrected chi connectivity index (χ0v) is 40.7. The zero-order valence-electron chi connectivity index (χ0n) is 40.7. The molecule has 6 aliphatic carbocycles. The summed E-state index contributed by atoms with van der Waals surface area (Å²) in [6, 6.07) is 16.9. The molecule has 1 N–H and O–H groups in total. The predicted octanol–water partition coefficient (Wildman–Crippen LogP) is 12.7. The van der Waals surface area contributed by atoms with Crippen LogP contribution in [0.2, 0.25) is 0 Å². The van der Waals surface area contributed by atoms with Gasteiger partial charge in [0.2, 0.25) is 5.91 Å². The van der Waals surface area contributed by atoms with Crippen LogP contribution in [0.3, 0.4) is 0 Å². The SMILES string of the molecule is CC(C)C1=C2[C@H]3CC[C@@H]4[C@@]5(C)CC[C@H](OC(=O)[C@H]6C[C@@H](Cc7ccccc7)C6(C)C)C(C)(C)[C@@H]5CC[C@@]4(C)[C@]3(C)CC[C@@]2(C(=O)N2CCC[C@H]2c2ncc(-c3ccc(F)cc3)[nH]2)CC1=O. The van der Waals surface area contributed by atoms with E-state index in [-0.39, 0.29) is 86.9 Å². The Labute approximate surface area is 387 Å². The van der Waals surface area contributed by atoms with E-state index in [1.54, 1.807) is 18.3 Å². The minimum absolute atomic E-state index is 0.00870. The van der Waals surface area contributed by atoms with Gasteiger partial charge in [-0.15, -0.1) is 0 Å². The molecule has 8 heteroatoms. The van der Waals surface area contributed by atoms with E-state index in [1.165, 1.54) is 23.3 Å². The number of amides is 1. The molecular weight excluding hydrogens is 810 g/mol. The van der Waals surface area contributed by atoms with E-state index in [2.05, 4.69) is 103 Å². The Balaban J connectivity index is 0.890. The molecule has 0 radical (unpaired) electrons. The minimum Gasteiger partial charge on any atom is -0.462 e. The van der Waals surface area contributed by atoms with Gasteiger partial charge in [-0.1, -0.05) is 92.6 Å². The Morgan fingerprint density at radius 3 is 2.29 bits per heavy atom. The number of benzene rings is 2. The smallest absolute Gasteiger partial charge is 0.309 e. The van der Waals surface area contributed by atoms with Gasteiger partial charge >= 0.3 is 5.97 Å². The number of H-pyrrole nitrogens is 1. The third-order valence-corrected chi connectivity index (χ3v) is 20.7. The quantitative estimate of drug-likeness (QED) is 0.228. The second-order valence-electron chi connectivity index (χ2n) is 24.4. The number of hydrogen-bond donors (Lipinski definition) is 1. The third kappa shape index (κ3) is 6.57. The first kappa shape index (κ1) is 44.7. The summed E-state index contributed by atoms with van der Waals surface area (Å²) in [6.07, 6.45) is 13.4. The molecule has 1 amide bonds. The third-order valence-electron chi connectivity index (χ3n) is 20.7. The highest BCUT2D eigenvalue weighted by atomic mass is 19.1. The normalized spacial score (nSPS) is 38.1. The molecule has 7 aliphatic rings. The fraction of sp³-hybridized carbons (Fsp3) is 0.649. The standard InChI is InChI=1S/C57H74FN3O4/c1-34(2)47-43(62)32-57(51(64)61-29-13-16-42(61)49-59-33-41(60-49)36-17-19-38(58)20-18-36)28-27-55(8)39(48(47)57)21-22-45-54(7)25-24-46(53(5,6)44(54)23-26-56(45,55)9)65-50(63)40-31-37(52(40,3)4)30-35-14-11-10-12-15-35/h10-12,14-15,17-20,33-34,37,39-40,42,44-46H,13,16,21-32H2,1-9H3,(H,59,60)/t37-,39-,40-,42+,44+,45-,46+,54+,55-,56-,57-/m1/s1. The number of aromatic nitrogens is 2. The van der Waals surface area contributed by atoms with Crippen molar-refractivity contribution in [2.75, 3.05) is 6.54 Å². The van der Waals surface area contributed by atoms with Crippen LogP contribution in [0.5, 0.6) is 0 Å². The van der Waals surface area contributed by atoms with Crippen molar-refractivity contribution < 1.29 is 23.5 Å². The van der Waals surface area contributed by atoms with E-state index < -0.39 is 5.41 Å². The van der Waals surface area contributed by atoms with E-state index in [9.17, 15) is 14.0 Å². The van der Waals surface area contributed by atoms with Gasteiger partial charge in [0.15, 0.2) is 5.78 Å². The van der Waals surface area contributed by atoms with Crippen molar-refractivity contribution in [3.63, 3.8) is 0 Å². The number of imidazole rings is 1. The average molecular weight is 884 g/mol. The van der Waals surface area contributed by atoms with Gasteiger partial charge in [0, 0.05) is 18.4 Å². The van der Waals surface area contributed by atoms with E-state index >= 15 is 4.79 Å². The van der Waals surface area contributed by atoms with Crippen molar-refractivity contribution in [2.24, 2.45) is 68.0 Å². The lowest BCUT2D eigenvalue weighted by molar-refractivity contribution is -0.236. The first-order valence-electron chi connectivity index (χ1n) is 25.4. The van der Waals surface area contributed by atoms with Gasteiger partial charge in [0.25, 0.3) is 0 Å². The van der Waals surface area contributed by atoms with Crippen molar-refractivity contribution in [2.45, 2.75) is 158 Å². The van der Waals surface area contributed by atoms with Crippen LogP contribution in [-0.4, -0.2) is 45.2 Å². The van der Waals surface area contributed by atoms with Crippen molar-refractivity contribution in [3.8, 4) is 11.3 Å². The number of likely N-dealkylation sites (tertiary alicyclic amines) is 1. The molecule has 10 rings (SSSR count). The molecule has 348 valence electrons. The molecule has 7 nitrogen and oxygen atoms in total. The van der Waals surface area contributed by atoms with Crippen molar-refractivity contribution in [1.82, 2.24) is 14.9 Å². The second kappa shape index (κ2) is 15.5. The van der Waals surface area contributed by atoms with Crippen LogP contribution in [0, 0.1) is 73.8 Å². The monoisotopic (exact) mass is 884 g/mol. The molecule has 5 saturated carbocycles. The maximum atomic E-state index is 15.6. The number of ether oxygens (including phenoxy) is 1. The summed E-state index contributed by atoms with van der Waals surface area (Å²) in [7, 11) is 0. The van der Waals surface area contributed by atoms with Gasteiger partial charge in [-0.2, -0.15) is 0 Å². The van der Waals surface area contributed by atoms with E-state index in [4.69, 9.17) is 9.72 Å². The molecule has 6 fully saturated rings. The molecule has 2 heterocycles. The topological polar surface area (TPSA) is 92.4 Å². The Hall–Kier alpha value is -4.07. The molecule has 3 aromatic rings. The fourth-order valence-corrected chi connectivity index (χ4v) is 16.8. The summed E-state index contributed by atoms with van der Waals surface area (Å²) in [5.41, 5.74) is 4.12. The molecule has 1 aliphatic heterocycles. The highest BCUT2D eigenvalue weighted by Crippen LogP contribution is 2.77. The van der Waals surface area contributed by atoms with Gasteiger partial charge in [0.05, 0.1) is 29.3 Å². The number of halogens is 1. The lowest BCUT2D eigenvalue weighted by atomic mass is 9.33. The van der Waals surface area contributed by atoms with Gasteiger partial charge in [-0.3, -0.25) is 14.4 Å². The van der Waals surface area contributed by atoms with Crippen molar-refractivity contribution >= 4 is 17.7 Å². The molecule has 11 atom stereocenters. The summed E-state index contributed by atoms with van der Waals surface area (Å²) in [6.45, 7) is 22.0.